The fourth-order valence-corrected chi connectivity index (χ4v) is 1.63. The summed E-state index contributed by atoms with van der Waals surface area (Å²) in [5, 5.41) is 3.86. The number of rotatable bonds is 1. The smallest absolute Gasteiger partial charge is 0.125 e. The molecule has 0 amide bonds. The van der Waals surface area contributed by atoms with E-state index in [9.17, 15) is 4.39 Å². The first kappa shape index (κ1) is 9.21. The van der Waals surface area contributed by atoms with Gasteiger partial charge in [-0.15, -0.1) is 0 Å². The number of hydrazine groups is 1. The number of hydrogen-bond donors (Lipinski definition) is 0. The third kappa shape index (κ3) is 1.51. The van der Waals surface area contributed by atoms with Crippen molar-refractivity contribution in [1.29, 1.82) is 0 Å². The second-order valence-corrected chi connectivity index (χ2v) is 3.55. The molecule has 0 atom stereocenters. The van der Waals surface area contributed by atoms with Crippen molar-refractivity contribution >= 4 is 5.69 Å². The molecule has 0 fully saturated rings. The van der Waals surface area contributed by atoms with E-state index in [2.05, 4.69) is 6.08 Å². The van der Waals surface area contributed by atoms with E-state index in [1.54, 1.807) is 6.07 Å². The Hall–Kier alpha value is -1.35. The first-order valence-corrected chi connectivity index (χ1v) is 4.60. The highest BCUT2D eigenvalue weighted by molar-refractivity contribution is 5.57. The van der Waals surface area contributed by atoms with Gasteiger partial charge in [-0.2, -0.15) is 0 Å². The number of allylic oxidation sites excluding steroid dienone is 1. The van der Waals surface area contributed by atoms with E-state index in [1.807, 2.05) is 36.4 Å². The number of fused-ring (bicyclic) bond motifs is 1. The monoisotopic (exact) mass is 192 g/mol. The van der Waals surface area contributed by atoms with Gasteiger partial charge in [-0.05, 0) is 24.1 Å². The Morgan fingerprint density at radius 2 is 2.14 bits per heavy atom. The van der Waals surface area contributed by atoms with Gasteiger partial charge in [0.1, 0.15) is 5.82 Å². The van der Waals surface area contributed by atoms with E-state index in [4.69, 9.17) is 0 Å². The molecule has 2 nitrogen and oxygen atoms in total. The van der Waals surface area contributed by atoms with Crippen molar-refractivity contribution in [2.24, 2.45) is 0 Å². The predicted octanol–water partition coefficient (Wildman–Crippen LogP) is 2.18. The molecule has 1 aliphatic heterocycles. The van der Waals surface area contributed by atoms with Crippen molar-refractivity contribution < 1.29 is 4.39 Å². The highest BCUT2D eigenvalue weighted by Crippen LogP contribution is 2.26. The van der Waals surface area contributed by atoms with Crippen molar-refractivity contribution in [1.82, 2.24) is 5.01 Å². The van der Waals surface area contributed by atoms with Crippen LogP contribution in [0.1, 0.15) is 5.56 Å². The average molecular weight is 192 g/mol. The molecule has 0 saturated carbocycles. The van der Waals surface area contributed by atoms with Crippen LogP contribution in [0, 0.1) is 5.82 Å². The van der Waals surface area contributed by atoms with Gasteiger partial charge >= 0.3 is 0 Å². The Balaban J connectivity index is 2.46. The third-order valence-electron chi connectivity index (χ3n) is 2.31. The normalized spacial score (nSPS) is 14.7. The molecule has 2 rings (SSSR count). The lowest BCUT2D eigenvalue weighted by atomic mass is 10.1. The number of anilines is 1. The minimum Gasteiger partial charge on any atom is -0.282 e. The molecular formula is C11H13FN2. The zero-order valence-corrected chi connectivity index (χ0v) is 8.37. The fourth-order valence-electron chi connectivity index (χ4n) is 1.63. The maximum atomic E-state index is 13.1. The molecule has 1 aromatic carbocycles. The zero-order chi connectivity index (χ0) is 10.1. The van der Waals surface area contributed by atoms with E-state index in [1.165, 1.54) is 6.07 Å². The lowest BCUT2D eigenvalue weighted by Gasteiger charge is -2.31. The fraction of sp³-hybridized carbons (Fsp3) is 0.273. The molecule has 3 heteroatoms. The molecule has 0 N–H and O–H groups in total. The molecule has 14 heavy (non-hydrogen) atoms. The zero-order valence-electron chi connectivity index (χ0n) is 8.37. The van der Waals surface area contributed by atoms with Gasteiger partial charge in [0.15, 0.2) is 0 Å². The lowest BCUT2D eigenvalue weighted by Crippen LogP contribution is -2.34. The summed E-state index contributed by atoms with van der Waals surface area (Å²) >= 11 is 0. The Labute approximate surface area is 83.2 Å². The first-order chi connectivity index (χ1) is 6.68. The van der Waals surface area contributed by atoms with E-state index >= 15 is 0 Å². The summed E-state index contributed by atoms with van der Waals surface area (Å²) in [6.45, 7) is 0. The first-order valence-electron chi connectivity index (χ1n) is 4.60. The van der Waals surface area contributed by atoms with Gasteiger partial charge in [-0.1, -0.05) is 12.1 Å². The molecule has 0 bridgehead atoms. The van der Waals surface area contributed by atoms with Gasteiger partial charge in [0, 0.05) is 20.3 Å². The van der Waals surface area contributed by atoms with Crippen molar-refractivity contribution in [3.05, 3.63) is 41.9 Å². The topological polar surface area (TPSA) is 6.48 Å². The van der Waals surface area contributed by atoms with Crippen LogP contribution in [0.25, 0.3) is 0 Å². The Kier molecular flexibility index (Phi) is 2.25. The van der Waals surface area contributed by atoms with Gasteiger partial charge in [-0.25, -0.2) is 9.40 Å². The summed E-state index contributed by atoms with van der Waals surface area (Å²) in [5.41, 5.74) is 2.08. The summed E-state index contributed by atoms with van der Waals surface area (Å²) in [6, 6.07) is 4.91. The number of hydrogen-bond acceptors (Lipinski definition) is 2. The van der Waals surface area contributed by atoms with E-state index in [-0.39, 0.29) is 5.82 Å². The van der Waals surface area contributed by atoms with Crippen LogP contribution in [0.5, 0.6) is 0 Å². The average Bonchev–Trinajstić information content (AvgIpc) is 2.16. The molecule has 0 unspecified atom stereocenters. The summed E-state index contributed by atoms with van der Waals surface area (Å²) < 4.78 is 13.1. The minimum absolute atomic E-state index is 0.189. The van der Waals surface area contributed by atoms with Gasteiger partial charge in [0.25, 0.3) is 0 Å². The molecule has 0 radical (unpaired) electrons. The standard InChI is InChI=1S/C11H13FN2/c1-13(2)14-7-3-4-9-5-6-10(12)8-11(9)14/h3,5-8H,4H2,1-2H3. The van der Waals surface area contributed by atoms with Crippen LogP contribution in [-0.2, 0) is 6.42 Å². The number of halogens is 1. The molecule has 1 heterocycles. The van der Waals surface area contributed by atoms with Gasteiger partial charge in [0.05, 0.1) is 5.69 Å². The quantitative estimate of drug-likeness (QED) is 0.673. The molecule has 1 aliphatic rings. The number of benzene rings is 1. The molecule has 0 aromatic heterocycles. The Morgan fingerprint density at radius 3 is 2.86 bits per heavy atom. The highest BCUT2D eigenvalue weighted by Gasteiger charge is 2.14. The van der Waals surface area contributed by atoms with Gasteiger partial charge in [-0.3, -0.25) is 5.01 Å². The molecular weight excluding hydrogens is 179 g/mol. The van der Waals surface area contributed by atoms with Crippen LogP contribution in [0.15, 0.2) is 30.5 Å². The van der Waals surface area contributed by atoms with Crippen LogP contribution in [0.2, 0.25) is 0 Å². The minimum atomic E-state index is -0.189. The van der Waals surface area contributed by atoms with Crippen LogP contribution >= 0.6 is 0 Å². The molecule has 1 aromatic rings. The molecule has 0 saturated heterocycles. The van der Waals surface area contributed by atoms with Crippen LogP contribution < -0.4 is 5.01 Å². The molecule has 74 valence electrons. The van der Waals surface area contributed by atoms with Gasteiger partial charge < -0.3 is 0 Å². The second-order valence-electron chi connectivity index (χ2n) is 3.55. The summed E-state index contributed by atoms with van der Waals surface area (Å²) in [4.78, 5) is 0. The van der Waals surface area contributed by atoms with Crippen molar-refractivity contribution in [2.75, 3.05) is 19.1 Å². The maximum absolute atomic E-state index is 13.1. The Morgan fingerprint density at radius 1 is 1.36 bits per heavy atom. The maximum Gasteiger partial charge on any atom is 0.125 e. The largest absolute Gasteiger partial charge is 0.282 e. The highest BCUT2D eigenvalue weighted by atomic mass is 19.1. The molecule has 0 spiro atoms. The van der Waals surface area contributed by atoms with E-state index in [0.717, 1.165) is 17.7 Å². The summed E-state index contributed by atoms with van der Waals surface area (Å²) in [7, 11) is 3.87. The van der Waals surface area contributed by atoms with Crippen LogP contribution in [0.4, 0.5) is 10.1 Å². The Bertz CT molecular complexity index is 372. The lowest BCUT2D eigenvalue weighted by molar-refractivity contribution is 0.409. The van der Waals surface area contributed by atoms with Crippen molar-refractivity contribution in [3.8, 4) is 0 Å². The third-order valence-corrected chi connectivity index (χ3v) is 2.31. The van der Waals surface area contributed by atoms with Crippen LogP contribution in [-0.4, -0.2) is 19.1 Å². The van der Waals surface area contributed by atoms with Crippen molar-refractivity contribution in [2.45, 2.75) is 6.42 Å². The molecule has 0 aliphatic carbocycles. The van der Waals surface area contributed by atoms with Gasteiger partial charge in [0.2, 0.25) is 0 Å². The summed E-state index contributed by atoms with van der Waals surface area (Å²) in [5.74, 6) is -0.189. The SMILES string of the molecule is CN(C)N1C=CCc2ccc(F)cc21. The van der Waals surface area contributed by atoms with E-state index in [0.29, 0.717) is 0 Å². The van der Waals surface area contributed by atoms with Crippen molar-refractivity contribution in [3.63, 3.8) is 0 Å². The van der Waals surface area contributed by atoms with Crippen LogP contribution in [0.3, 0.4) is 0 Å². The predicted molar refractivity (Wildman–Crippen MR) is 55.4 cm³/mol. The summed E-state index contributed by atoms with van der Waals surface area (Å²) in [6.07, 6.45) is 4.90. The second kappa shape index (κ2) is 3.42. The number of nitrogens with zero attached hydrogens (tertiary/aromatic N) is 2. The van der Waals surface area contributed by atoms with E-state index < -0.39 is 0 Å².